The zero-order valence-corrected chi connectivity index (χ0v) is 19.9. The van der Waals surface area contributed by atoms with Crippen molar-refractivity contribution >= 4 is 18.2 Å². The van der Waals surface area contributed by atoms with Gasteiger partial charge in [0.25, 0.3) is 0 Å². The Hall–Kier alpha value is -2.19. The van der Waals surface area contributed by atoms with E-state index in [9.17, 15) is 14.4 Å². The third kappa shape index (κ3) is 17.2. The molecule has 31 heavy (non-hydrogen) atoms. The van der Waals surface area contributed by atoms with Gasteiger partial charge in [-0.2, -0.15) is 0 Å². The van der Waals surface area contributed by atoms with Gasteiger partial charge >= 0.3 is 18.2 Å². The normalized spacial score (nSPS) is 13.5. The van der Waals surface area contributed by atoms with Crippen LogP contribution < -0.4 is 21.7 Å². The minimum atomic E-state index is -0.585. The summed E-state index contributed by atoms with van der Waals surface area (Å²) in [5, 5.41) is 8.18. The van der Waals surface area contributed by atoms with Crippen LogP contribution in [0, 0.1) is 11.3 Å². The highest BCUT2D eigenvalue weighted by atomic mass is 16.7. The Labute approximate surface area is 187 Å². The molecule has 0 radical (unpaired) electrons. The van der Waals surface area contributed by atoms with Crippen LogP contribution >= 0.6 is 0 Å². The van der Waals surface area contributed by atoms with E-state index in [1.54, 1.807) is 0 Å². The summed E-state index contributed by atoms with van der Waals surface area (Å²) in [7, 11) is 0. The molecule has 0 bridgehead atoms. The fraction of sp³-hybridized carbons (Fsp3) is 0.864. The maximum absolute atomic E-state index is 11.8. The maximum Gasteiger partial charge on any atom is 0.508 e. The van der Waals surface area contributed by atoms with E-state index in [2.05, 4.69) is 36.7 Å². The van der Waals surface area contributed by atoms with Crippen molar-refractivity contribution in [3.63, 3.8) is 0 Å². The summed E-state index contributed by atoms with van der Waals surface area (Å²) in [5.74, 6) is 0.345. The number of ether oxygens (including phenoxy) is 2. The number of nitrogens with one attached hydrogen (secondary N) is 3. The number of urea groups is 2. The lowest BCUT2D eigenvalue weighted by molar-refractivity contribution is 0.0421. The van der Waals surface area contributed by atoms with E-state index in [4.69, 9.17) is 15.2 Å². The summed E-state index contributed by atoms with van der Waals surface area (Å²) in [4.78, 5) is 33.9. The molecule has 0 heterocycles. The second-order valence-electron chi connectivity index (χ2n) is 8.48. The van der Waals surface area contributed by atoms with E-state index in [1.165, 1.54) is 0 Å². The Bertz CT molecular complexity index is 518. The van der Waals surface area contributed by atoms with E-state index in [-0.39, 0.29) is 11.4 Å². The van der Waals surface area contributed by atoms with Crippen LogP contribution in [0.3, 0.4) is 0 Å². The number of hydrogen-bond acceptors (Lipinski definition) is 5. The molecule has 0 fully saturated rings. The van der Waals surface area contributed by atoms with Gasteiger partial charge in [-0.3, -0.25) is 0 Å². The van der Waals surface area contributed by atoms with Gasteiger partial charge in [-0.15, -0.1) is 0 Å². The third-order valence-corrected chi connectivity index (χ3v) is 5.61. The fourth-order valence-corrected chi connectivity index (χ4v) is 2.95. The van der Waals surface area contributed by atoms with Gasteiger partial charge in [0, 0.05) is 19.6 Å². The van der Waals surface area contributed by atoms with Gasteiger partial charge in [-0.1, -0.05) is 40.5 Å². The zero-order chi connectivity index (χ0) is 23.5. The number of unbranched alkanes of at least 4 members (excludes halogenated alkanes) is 1. The number of rotatable bonds is 17. The molecule has 4 amide bonds. The van der Waals surface area contributed by atoms with Crippen LogP contribution in [0.5, 0.6) is 0 Å². The maximum atomic E-state index is 11.8. The van der Waals surface area contributed by atoms with Crippen molar-refractivity contribution in [2.75, 3.05) is 32.8 Å². The van der Waals surface area contributed by atoms with Crippen molar-refractivity contribution < 1.29 is 23.9 Å². The monoisotopic (exact) mass is 444 g/mol. The first-order chi connectivity index (χ1) is 14.7. The van der Waals surface area contributed by atoms with E-state index in [0.717, 1.165) is 51.4 Å². The molecule has 2 unspecified atom stereocenters. The van der Waals surface area contributed by atoms with Gasteiger partial charge in [0.1, 0.15) is 0 Å². The van der Waals surface area contributed by atoms with E-state index >= 15 is 0 Å². The molecule has 0 rings (SSSR count). The predicted octanol–water partition coefficient (Wildman–Crippen LogP) is 3.91. The largest absolute Gasteiger partial charge is 0.508 e. The second kappa shape index (κ2) is 17.5. The lowest BCUT2D eigenvalue weighted by Gasteiger charge is -2.28. The van der Waals surface area contributed by atoms with Crippen molar-refractivity contribution in [2.24, 2.45) is 17.1 Å². The molecule has 0 aliphatic rings. The van der Waals surface area contributed by atoms with Gasteiger partial charge in [-0.25, -0.2) is 14.4 Å². The van der Waals surface area contributed by atoms with Crippen molar-refractivity contribution in [1.29, 1.82) is 0 Å². The Balaban J connectivity index is 3.82. The number of amides is 4. The van der Waals surface area contributed by atoms with E-state index < -0.39 is 12.2 Å². The molecule has 0 aromatic heterocycles. The first-order valence-corrected chi connectivity index (χ1v) is 11.6. The number of carbonyl (C=O) groups excluding carboxylic acids is 3. The molecule has 0 aromatic carbocycles. The molecular weight excluding hydrogens is 400 g/mol. The van der Waals surface area contributed by atoms with Gasteiger partial charge < -0.3 is 31.2 Å². The zero-order valence-electron chi connectivity index (χ0n) is 19.9. The van der Waals surface area contributed by atoms with Gasteiger partial charge in [0.2, 0.25) is 0 Å². The minimum Gasteiger partial charge on any atom is -0.434 e. The summed E-state index contributed by atoms with van der Waals surface area (Å²) in [6, 6.07) is -0.706. The average Bonchev–Trinajstić information content (AvgIpc) is 2.74. The smallest absolute Gasteiger partial charge is 0.434 e. The first kappa shape index (κ1) is 28.8. The van der Waals surface area contributed by atoms with Crippen molar-refractivity contribution in [3.05, 3.63) is 0 Å². The molecule has 0 saturated heterocycles. The number of carbonyl (C=O) groups is 3. The summed E-state index contributed by atoms with van der Waals surface area (Å²) in [6.45, 7) is 10.9. The molecule has 9 heteroatoms. The number of nitrogens with two attached hydrogens (primary N) is 1. The van der Waals surface area contributed by atoms with Gasteiger partial charge in [0.05, 0.1) is 13.2 Å². The Morgan fingerprint density at radius 3 is 2.06 bits per heavy atom. The Kier molecular flexibility index (Phi) is 16.3. The Morgan fingerprint density at radius 1 is 0.903 bits per heavy atom. The van der Waals surface area contributed by atoms with Crippen LogP contribution in [0.4, 0.5) is 14.4 Å². The van der Waals surface area contributed by atoms with Crippen molar-refractivity contribution in [3.8, 4) is 0 Å². The van der Waals surface area contributed by atoms with Crippen molar-refractivity contribution in [1.82, 2.24) is 16.0 Å². The molecular formula is C22H44N4O5. The Morgan fingerprint density at radius 2 is 1.48 bits per heavy atom. The molecule has 0 spiro atoms. The highest BCUT2D eigenvalue weighted by Gasteiger charge is 2.21. The molecule has 2 atom stereocenters. The van der Waals surface area contributed by atoms with Gasteiger partial charge in [-0.05, 0) is 49.9 Å². The van der Waals surface area contributed by atoms with E-state index in [0.29, 0.717) is 38.8 Å². The number of hydrogen-bond donors (Lipinski definition) is 4. The molecule has 9 nitrogen and oxygen atoms in total. The molecule has 5 N–H and O–H groups in total. The highest BCUT2D eigenvalue weighted by molar-refractivity contribution is 5.73. The first-order valence-electron chi connectivity index (χ1n) is 11.6. The van der Waals surface area contributed by atoms with Crippen LogP contribution in [0.2, 0.25) is 0 Å². The van der Waals surface area contributed by atoms with Crippen molar-refractivity contribution in [2.45, 2.75) is 79.1 Å². The number of primary amides is 1. The lowest BCUT2D eigenvalue weighted by Crippen LogP contribution is -2.37. The average molecular weight is 445 g/mol. The summed E-state index contributed by atoms with van der Waals surface area (Å²) in [6.07, 6.45) is 6.56. The molecule has 0 aliphatic carbocycles. The van der Waals surface area contributed by atoms with Crippen LogP contribution in [-0.2, 0) is 9.47 Å². The van der Waals surface area contributed by atoms with Crippen LogP contribution in [-0.4, -0.2) is 51.1 Å². The molecule has 0 aromatic rings. The summed E-state index contributed by atoms with van der Waals surface area (Å²) < 4.78 is 10.2. The van der Waals surface area contributed by atoms with E-state index in [1.807, 2.05) is 6.92 Å². The minimum absolute atomic E-state index is 0.148. The highest BCUT2D eigenvalue weighted by Crippen LogP contribution is 2.32. The molecule has 0 saturated carbocycles. The summed E-state index contributed by atoms with van der Waals surface area (Å²) >= 11 is 0. The fourth-order valence-electron chi connectivity index (χ4n) is 2.95. The van der Waals surface area contributed by atoms with Crippen LogP contribution in [0.25, 0.3) is 0 Å². The van der Waals surface area contributed by atoms with Crippen LogP contribution in [0.15, 0.2) is 0 Å². The lowest BCUT2D eigenvalue weighted by atomic mass is 9.79. The third-order valence-electron chi connectivity index (χ3n) is 5.61. The standard InChI is InChI=1S/C22H44N4O5/c1-5-18(3)17-31-21(29)30-16-10-12-22(4,6-2)11-9-15-26-20(28)25-14-8-7-13-24-19(23)27/h18H,5-17H2,1-4H3,(H3,23,24,27)(H2,25,26,28). The molecule has 0 aliphatic heterocycles. The summed E-state index contributed by atoms with van der Waals surface area (Å²) in [5.41, 5.74) is 5.13. The topological polar surface area (TPSA) is 132 Å². The SMILES string of the molecule is CCC(C)COC(=O)OCCCC(C)(CC)CCCNC(=O)NCCCCNC(N)=O. The second-order valence-corrected chi connectivity index (χ2v) is 8.48. The van der Waals surface area contributed by atoms with Gasteiger partial charge in [0.15, 0.2) is 0 Å². The van der Waals surface area contributed by atoms with Crippen LogP contribution in [0.1, 0.15) is 79.1 Å². The quantitative estimate of drug-likeness (QED) is 0.199. The predicted molar refractivity (Wildman–Crippen MR) is 122 cm³/mol. The molecule has 182 valence electrons.